The third-order valence-electron chi connectivity index (χ3n) is 4.23. The normalized spacial score (nSPS) is 18.3. The predicted octanol–water partition coefficient (Wildman–Crippen LogP) is 4.57. The van der Waals surface area contributed by atoms with E-state index in [4.69, 9.17) is 9.47 Å². The molecule has 1 atom stereocenters. The molecule has 1 saturated carbocycles. The number of carbonyl (C=O) groups excluding carboxylic acids is 1. The van der Waals surface area contributed by atoms with Gasteiger partial charge in [0.25, 0.3) is 0 Å². The van der Waals surface area contributed by atoms with Crippen LogP contribution in [0.2, 0.25) is 0 Å². The van der Waals surface area contributed by atoms with Crippen molar-refractivity contribution in [1.29, 1.82) is 0 Å². The summed E-state index contributed by atoms with van der Waals surface area (Å²) >= 11 is 0. The average molecular weight is 304 g/mol. The van der Waals surface area contributed by atoms with Gasteiger partial charge in [-0.3, -0.25) is 4.79 Å². The second-order valence-electron chi connectivity index (χ2n) is 6.03. The molecule has 0 spiro atoms. The lowest BCUT2D eigenvalue weighted by molar-refractivity contribution is -0.124. The van der Waals surface area contributed by atoms with Crippen LogP contribution in [0.5, 0.6) is 11.5 Å². The number of hydrogen-bond donors (Lipinski definition) is 0. The summed E-state index contributed by atoms with van der Waals surface area (Å²) in [6.07, 6.45) is 7.00. The maximum Gasteiger partial charge on any atom is 0.161 e. The van der Waals surface area contributed by atoms with Gasteiger partial charge < -0.3 is 9.47 Å². The van der Waals surface area contributed by atoms with Crippen molar-refractivity contribution in [3.8, 4) is 11.5 Å². The maximum absolute atomic E-state index is 12.0. The molecule has 2 rings (SSSR count). The maximum atomic E-state index is 12.0. The highest BCUT2D eigenvalue weighted by atomic mass is 16.5. The molecule has 0 N–H and O–H groups in total. The van der Waals surface area contributed by atoms with Gasteiger partial charge >= 0.3 is 0 Å². The Balaban J connectivity index is 2.05. The second kappa shape index (κ2) is 8.82. The number of hydrogen-bond acceptors (Lipinski definition) is 3. The fourth-order valence-corrected chi connectivity index (χ4v) is 2.95. The highest BCUT2D eigenvalue weighted by molar-refractivity contribution is 5.81. The summed E-state index contributed by atoms with van der Waals surface area (Å²) in [5, 5.41) is 0. The van der Waals surface area contributed by atoms with Crippen molar-refractivity contribution in [3.05, 3.63) is 23.8 Å². The van der Waals surface area contributed by atoms with Crippen molar-refractivity contribution in [1.82, 2.24) is 0 Å². The van der Waals surface area contributed by atoms with Crippen LogP contribution in [0, 0.1) is 5.92 Å². The Morgan fingerprint density at radius 1 is 1.14 bits per heavy atom. The Hall–Kier alpha value is -1.51. The van der Waals surface area contributed by atoms with Crippen molar-refractivity contribution < 1.29 is 14.3 Å². The number of carbonyl (C=O) groups is 1. The Bertz CT molecular complexity index is 482. The van der Waals surface area contributed by atoms with E-state index in [2.05, 4.69) is 13.0 Å². The zero-order chi connectivity index (χ0) is 15.8. The smallest absolute Gasteiger partial charge is 0.161 e. The number of ketones is 1. The third kappa shape index (κ3) is 4.75. The SMILES string of the molecule is CCCCOc1ccc(CC2CCCCC2=O)cc1OCC. The summed E-state index contributed by atoms with van der Waals surface area (Å²) in [5.74, 6) is 2.23. The van der Waals surface area contributed by atoms with E-state index in [-0.39, 0.29) is 5.92 Å². The highest BCUT2D eigenvalue weighted by Gasteiger charge is 2.22. The predicted molar refractivity (Wildman–Crippen MR) is 88.7 cm³/mol. The quantitative estimate of drug-likeness (QED) is 0.660. The van der Waals surface area contributed by atoms with Crippen LogP contribution in [0.25, 0.3) is 0 Å². The van der Waals surface area contributed by atoms with Crippen molar-refractivity contribution in [3.63, 3.8) is 0 Å². The van der Waals surface area contributed by atoms with E-state index >= 15 is 0 Å². The molecule has 0 saturated heterocycles. The van der Waals surface area contributed by atoms with E-state index in [0.29, 0.717) is 12.4 Å². The molecule has 1 aromatic rings. The third-order valence-corrected chi connectivity index (χ3v) is 4.23. The molecule has 3 nitrogen and oxygen atoms in total. The Labute approximate surface area is 134 Å². The van der Waals surface area contributed by atoms with Crippen LogP contribution in [-0.2, 0) is 11.2 Å². The number of unbranched alkanes of at least 4 members (excludes halogenated alkanes) is 1. The lowest BCUT2D eigenvalue weighted by Crippen LogP contribution is -2.21. The van der Waals surface area contributed by atoms with E-state index < -0.39 is 0 Å². The van der Waals surface area contributed by atoms with Crippen LogP contribution in [0.1, 0.15) is 57.9 Å². The standard InChI is InChI=1S/C19H28O3/c1-3-5-12-22-18-11-10-15(14-19(18)21-4-2)13-16-8-6-7-9-17(16)20/h10-11,14,16H,3-9,12-13H2,1-2H3. The van der Waals surface area contributed by atoms with Gasteiger partial charge in [0.15, 0.2) is 11.5 Å². The van der Waals surface area contributed by atoms with Crippen LogP contribution in [0.15, 0.2) is 18.2 Å². The number of benzene rings is 1. The van der Waals surface area contributed by atoms with E-state index in [1.165, 1.54) is 12.0 Å². The molecule has 0 heterocycles. The zero-order valence-corrected chi connectivity index (χ0v) is 13.9. The molecule has 1 aliphatic carbocycles. The number of rotatable bonds is 8. The molecule has 0 amide bonds. The number of ether oxygens (including phenoxy) is 2. The Morgan fingerprint density at radius 3 is 2.73 bits per heavy atom. The second-order valence-corrected chi connectivity index (χ2v) is 6.03. The van der Waals surface area contributed by atoms with Crippen molar-refractivity contribution >= 4 is 5.78 Å². The van der Waals surface area contributed by atoms with Crippen molar-refractivity contribution in [2.24, 2.45) is 5.92 Å². The van der Waals surface area contributed by atoms with Gasteiger partial charge in [-0.1, -0.05) is 25.8 Å². The molecule has 22 heavy (non-hydrogen) atoms. The molecule has 0 aromatic heterocycles. The van der Waals surface area contributed by atoms with E-state index in [0.717, 1.165) is 56.6 Å². The topological polar surface area (TPSA) is 35.5 Å². The fourth-order valence-electron chi connectivity index (χ4n) is 2.95. The molecular formula is C19H28O3. The Kier molecular flexibility index (Phi) is 6.75. The molecule has 3 heteroatoms. The van der Waals surface area contributed by atoms with Gasteiger partial charge in [-0.05, 0) is 50.3 Å². The minimum Gasteiger partial charge on any atom is -0.490 e. The average Bonchev–Trinajstić information content (AvgIpc) is 2.52. The lowest BCUT2D eigenvalue weighted by Gasteiger charge is -2.21. The van der Waals surface area contributed by atoms with Crippen molar-refractivity contribution in [2.45, 2.75) is 58.8 Å². The van der Waals surface area contributed by atoms with Gasteiger partial charge in [-0.25, -0.2) is 0 Å². The Morgan fingerprint density at radius 2 is 2.00 bits per heavy atom. The largest absolute Gasteiger partial charge is 0.490 e. The summed E-state index contributed by atoms with van der Waals surface area (Å²) in [5.41, 5.74) is 1.17. The molecule has 1 unspecified atom stereocenters. The van der Waals surface area contributed by atoms with E-state index in [9.17, 15) is 4.79 Å². The van der Waals surface area contributed by atoms with Gasteiger partial charge in [-0.15, -0.1) is 0 Å². The van der Waals surface area contributed by atoms with Crippen LogP contribution >= 0.6 is 0 Å². The van der Waals surface area contributed by atoms with Crippen LogP contribution in [-0.4, -0.2) is 19.0 Å². The molecule has 122 valence electrons. The van der Waals surface area contributed by atoms with Crippen molar-refractivity contribution in [2.75, 3.05) is 13.2 Å². The summed E-state index contributed by atoms with van der Waals surface area (Å²) in [6, 6.07) is 6.11. The zero-order valence-electron chi connectivity index (χ0n) is 13.9. The van der Waals surface area contributed by atoms with Gasteiger partial charge in [0.2, 0.25) is 0 Å². The highest BCUT2D eigenvalue weighted by Crippen LogP contribution is 2.31. The van der Waals surface area contributed by atoms with Gasteiger partial charge in [0, 0.05) is 12.3 Å². The first-order valence-electron chi connectivity index (χ1n) is 8.65. The van der Waals surface area contributed by atoms with Gasteiger partial charge in [-0.2, -0.15) is 0 Å². The lowest BCUT2D eigenvalue weighted by atomic mass is 9.84. The summed E-state index contributed by atoms with van der Waals surface area (Å²) < 4.78 is 11.5. The first-order chi connectivity index (χ1) is 10.7. The minimum absolute atomic E-state index is 0.190. The molecule has 1 fully saturated rings. The van der Waals surface area contributed by atoms with E-state index in [1.54, 1.807) is 0 Å². The van der Waals surface area contributed by atoms with Crippen LogP contribution in [0.4, 0.5) is 0 Å². The molecule has 1 aromatic carbocycles. The summed E-state index contributed by atoms with van der Waals surface area (Å²) in [6.45, 7) is 5.47. The molecule has 0 bridgehead atoms. The van der Waals surface area contributed by atoms with Gasteiger partial charge in [0.05, 0.1) is 13.2 Å². The summed E-state index contributed by atoms with van der Waals surface area (Å²) in [4.78, 5) is 12.0. The molecule has 0 radical (unpaired) electrons. The van der Waals surface area contributed by atoms with Crippen LogP contribution < -0.4 is 9.47 Å². The fraction of sp³-hybridized carbons (Fsp3) is 0.632. The molecule has 1 aliphatic rings. The molecular weight excluding hydrogens is 276 g/mol. The van der Waals surface area contributed by atoms with Crippen LogP contribution in [0.3, 0.4) is 0 Å². The minimum atomic E-state index is 0.190. The molecule has 0 aliphatic heterocycles. The van der Waals surface area contributed by atoms with Gasteiger partial charge in [0.1, 0.15) is 5.78 Å². The first kappa shape index (κ1) is 16.9. The summed E-state index contributed by atoms with van der Waals surface area (Å²) in [7, 11) is 0. The van der Waals surface area contributed by atoms with E-state index in [1.807, 2.05) is 19.1 Å². The number of Topliss-reactive ketones (excluding diaryl/α,β-unsaturated/α-hetero) is 1. The monoisotopic (exact) mass is 304 g/mol. The first-order valence-corrected chi connectivity index (χ1v) is 8.65.